The van der Waals surface area contributed by atoms with Gasteiger partial charge in [0.2, 0.25) is 0 Å². The van der Waals surface area contributed by atoms with Gasteiger partial charge in [0.25, 0.3) is 0 Å². The molecular formula is C20H17N3O4. The van der Waals surface area contributed by atoms with Crippen LogP contribution in [0.15, 0.2) is 59.4 Å². The van der Waals surface area contributed by atoms with Gasteiger partial charge in [0.15, 0.2) is 0 Å². The number of ether oxygens (including phenoxy) is 1. The summed E-state index contributed by atoms with van der Waals surface area (Å²) in [4.78, 5) is 43.1. The Kier molecular flexibility index (Phi) is 4.19. The molecule has 1 aliphatic rings. The second kappa shape index (κ2) is 6.68. The Morgan fingerprint density at radius 1 is 1.07 bits per heavy atom. The summed E-state index contributed by atoms with van der Waals surface area (Å²) in [7, 11) is 0. The lowest BCUT2D eigenvalue weighted by Crippen LogP contribution is -2.38. The summed E-state index contributed by atoms with van der Waals surface area (Å²) < 4.78 is 6.07. The van der Waals surface area contributed by atoms with Gasteiger partial charge in [0.05, 0.1) is 17.8 Å². The van der Waals surface area contributed by atoms with Crippen molar-refractivity contribution in [3.05, 3.63) is 76.3 Å². The third-order valence-corrected chi connectivity index (χ3v) is 4.56. The van der Waals surface area contributed by atoms with Crippen LogP contribution in [0.1, 0.15) is 24.2 Å². The molecule has 7 heteroatoms. The third-order valence-electron chi connectivity index (χ3n) is 4.56. The molecule has 136 valence electrons. The number of benzene rings is 2. The topological polar surface area (TPSA) is 81.5 Å². The highest BCUT2D eigenvalue weighted by Crippen LogP contribution is 2.37. The molecule has 0 bridgehead atoms. The number of hydrogen-bond donors (Lipinski definition) is 0. The quantitative estimate of drug-likeness (QED) is 0.665. The Morgan fingerprint density at radius 2 is 1.78 bits per heavy atom. The normalized spacial score (nSPS) is 15.8. The lowest BCUT2D eigenvalue weighted by molar-refractivity contribution is -0.143. The molecule has 7 nitrogen and oxygen atoms in total. The van der Waals surface area contributed by atoms with Crippen molar-refractivity contribution in [1.29, 1.82) is 0 Å². The molecule has 0 fully saturated rings. The first kappa shape index (κ1) is 17.0. The minimum atomic E-state index is -0.652. The lowest BCUT2D eigenvalue weighted by Gasteiger charge is -2.23. The summed E-state index contributed by atoms with van der Waals surface area (Å²) in [6.45, 7) is 1.67. The molecule has 0 radical (unpaired) electrons. The minimum absolute atomic E-state index is 0.217. The van der Waals surface area contributed by atoms with Gasteiger partial charge in [-0.25, -0.2) is 14.2 Å². The number of fused-ring (bicyclic) bond motifs is 3. The molecule has 1 atom stereocenters. The number of rotatable bonds is 4. The molecule has 3 aromatic rings. The fraction of sp³-hybridized carbons (Fsp3) is 0.200. The zero-order chi connectivity index (χ0) is 19.0. The fourth-order valence-electron chi connectivity index (χ4n) is 3.48. The monoisotopic (exact) mass is 363 g/mol. The average molecular weight is 363 g/mol. The van der Waals surface area contributed by atoms with E-state index in [2.05, 4.69) is 4.98 Å². The number of carbonyl (C=O) groups excluding carboxylic acids is 2. The smallest absolute Gasteiger partial charge is 0.356 e. The van der Waals surface area contributed by atoms with E-state index >= 15 is 0 Å². The lowest BCUT2D eigenvalue weighted by atomic mass is 10.00. The van der Waals surface area contributed by atoms with E-state index < -0.39 is 23.7 Å². The molecule has 1 unspecified atom stereocenters. The van der Waals surface area contributed by atoms with E-state index in [0.29, 0.717) is 16.6 Å². The van der Waals surface area contributed by atoms with E-state index in [1.807, 2.05) is 42.5 Å². The number of aromatic nitrogens is 2. The van der Waals surface area contributed by atoms with E-state index in [1.165, 1.54) is 4.90 Å². The second-order valence-corrected chi connectivity index (χ2v) is 6.16. The summed E-state index contributed by atoms with van der Waals surface area (Å²) >= 11 is 0. The van der Waals surface area contributed by atoms with E-state index in [1.54, 1.807) is 19.1 Å². The first-order valence-electron chi connectivity index (χ1n) is 8.65. The predicted octanol–water partition coefficient (Wildman–Crippen LogP) is 2.33. The van der Waals surface area contributed by atoms with E-state index in [-0.39, 0.29) is 13.2 Å². The van der Waals surface area contributed by atoms with Gasteiger partial charge >= 0.3 is 17.7 Å². The van der Waals surface area contributed by atoms with Crippen LogP contribution in [0.2, 0.25) is 0 Å². The molecule has 4 rings (SSSR count). The third kappa shape index (κ3) is 2.77. The van der Waals surface area contributed by atoms with Crippen molar-refractivity contribution in [2.24, 2.45) is 0 Å². The Morgan fingerprint density at radius 3 is 2.52 bits per heavy atom. The van der Waals surface area contributed by atoms with E-state index in [9.17, 15) is 14.4 Å². The molecular weight excluding hydrogens is 346 g/mol. The van der Waals surface area contributed by atoms with Crippen molar-refractivity contribution in [3.63, 3.8) is 0 Å². The summed E-state index contributed by atoms with van der Waals surface area (Å²) in [6, 6.07) is 15.3. The number of carbonyl (C=O) groups is 2. The van der Waals surface area contributed by atoms with Crippen molar-refractivity contribution < 1.29 is 14.3 Å². The van der Waals surface area contributed by atoms with Gasteiger partial charge in [-0.2, -0.15) is 4.98 Å². The molecule has 0 N–H and O–H groups in total. The Labute approximate surface area is 154 Å². The summed E-state index contributed by atoms with van der Waals surface area (Å²) in [5.41, 5.74) is 1.18. The first-order valence-corrected chi connectivity index (χ1v) is 8.65. The average Bonchev–Trinajstić information content (AvgIpc) is 2.96. The van der Waals surface area contributed by atoms with Gasteiger partial charge in [0, 0.05) is 5.39 Å². The maximum absolute atomic E-state index is 13.0. The van der Waals surface area contributed by atoms with Crippen molar-refractivity contribution in [1.82, 2.24) is 14.5 Å². The molecule has 1 aromatic heterocycles. The fourth-order valence-corrected chi connectivity index (χ4v) is 3.48. The maximum atomic E-state index is 13.0. The first-order chi connectivity index (χ1) is 13.1. The number of amides is 1. The van der Waals surface area contributed by atoms with Crippen LogP contribution in [0.3, 0.4) is 0 Å². The molecule has 2 heterocycles. The molecule has 1 amide bonds. The van der Waals surface area contributed by atoms with Crippen LogP contribution in [0.5, 0.6) is 0 Å². The van der Waals surface area contributed by atoms with Crippen LogP contribution in [0.25, 0.3) is 10.9 Å². The Bertz CT molecular complexity index is 1090. The van der Waals surface area contributed by atoms with E-state index in [0.717, 1.165) is 10.1 Å². The molecule has 0 saturated heterocycles. The van der Waals surface area contributed by atoms with Crippen LogP contribution in [0.4, 0.5) is 4.79 Å². The SMILES string of the molecule is CCOC(=O)CN1C(=O)n2c(c3ccccc3nc2=O)C1c1ccccc1. The van der Waals surface area contributed by atoms with Crippen LogP contribution in [0, 0.1) is 0 Å². The summed E-state index contributed by atoms with van der Waals surface area (Å²) in [5.74, 6) is -0.523. The minimum Gasteiger partial charge on any atom is -0.465 e. The zero-order valence-corrected chi connectivity index (χ0v) is 14.7. The highest BCUT2D eigenvalue weighted by Gasteiger charge is 2.41. The predicted molar refractivity (Wildman–Crippen MR) is 98.4 cm³/mol. The van der Waals surface area contributed by atoms with Crippen molar-refractivity contribution >= 4 is 22.9 Å². The van der Waals surface area contributed by atoms with Crippen molar-refractivity contribution in [2.75, 3.05) is 13.2 Å². The number of para-hydroxylation sites is 1. The summed E-state index contributed by atoms with van der Waals surface area (Å²) in [6.07, 6.45) is 0. The standard InChI is InChI=1S/C20H17N3O4/c1-2-27-16(24)12-22-17(13-8-4-3-5-9-13)18-14-10-6-7-11-15(14)21-19(25)23(18)20(22)26/h3-11,17H,2,12H2,1H3. The number of hydrogen-bond acceptors (Lipinski definition) is 5. The maximum Gasteiger partial charge on any atom is 0.356 e. The van der Waals surface area contributed by atoms with E-state index in [4.69, 9.17) is 4.74 Å². The van der Waals surface area contributed by atoms with Crippen LogP contribution < -0.4 is 5.69 Å². The molecule has 2 aromatic carbocycles. The van der Waals surface area contributed by atoms with Crippen LogP contribution >= 0.6 is 0 Å². The van der Waals surface area contributed by atoms with Crippen molar-refractivity contribution in [2.45, 2.75) is 13.0 Å². The van der Waals surface area contributed by atoms with Crippen LogP contribution in [-0.2, 0) is 9.53 Å². The van der Waals surface area contributed by atoms with Gasteiger partial charge in [0.1, 0.15) is 12.6 Å². The van der Waals surface area contributed by atoms with Crippen molar-refractivity contribution in [3.8, 4) is 0 Å². The molecule has 1 aliphatic heterocycles. The zero-order valence-electron chi connectivity index (χ0n) is 14.7. The van der Waals surface area contributed by atoms with Gasteiger partial charge in [-0.05, 0) is 18.6 Å². The molecule has 0 saturated carbocycles. The van der Waals surface area contributed by atoms with Gasteiger partial charge < -0.3 is 9.64 Å². The van der Waals surface area contributed by atoms with Crippen LogP contribution in [-0.4, -0.2) is 39.6 Å². The molecule has 0 spiro atoms. The number of nitrogens with zero attached hydrogens (tertiary/aromatic N) is 3. The number of esters is 1. The van der Waals surface area contributed by atoms with Gasteiger partial charge in [-0.3, -0.25) is 4.79 Å². The summed E-state index contributed by atoms with van der Waals surface area (Å²) in [5, 5.41) is 0.700. The largest absolute Gasteiger partial charge is 0.465 e. The van der Waals surface area contributed by atoms with Gasteiger partial charge in [-0.15, -0.1) is 0 Å². The molecule has 27 heavy (non-hydrogen) atoms. The highest BCUT2D eigenvalue weighted by molar-refractivity contribution is 5.92. The Hall–Kier alpha value is -3.48. The Balaban J connectivity index is 1.96. The van der Waals surface area contributed by atoms with Gasteiger partial charge in [-0.1, -0.05) is 48.5 Å². The second-order valence-electron chi connectivity index (χ2n) is 6.16. The highest BCUT2D eigenvalue weighted by atomic mass is 16.5. The molecule has 0 aliphatic carbocycles.